The van der Waals surface area contributed by atoms with Crippen LogP contribution in [-0.2, 0) is 20.9 Å². The minimum Gasteiger partial charge on any atom is -0.481 e. The molecule has 55 heavy (non-hydrogen) atoms. The van der Waals surface area contributed by atoms with Gasteiger partial charge in [-0.3, -0.25) is 19.1 Å². The maximum Gasteiger partial charge on any atom is 0.330 e. The summed E-state index contributed by atoms with van der Waals surface area (Å²) in [6, 6.07) is -0.347. The van der Waals surface area contributed by atoms with Gasteiger partial charge >= 0.3 is 11.7 Å². The lowest BCUT2D eigenvalue weighted by Gasteiger charge is -2.72. The lowest BCUT2D eigenvalue weighted by atomic mass is 9.32. The van der Waals surface area contributed by atoms with Crippen LogP contribution < -0.4 is 11.2 Å². The van der Waals surface area contributed by atoms with E-state index in [1.165, 1.54) is 29.2 Å². The van der Waals surface area contributed by atoms with E-state index in [-0.39, 0.29) is 46.3 Å². The van der Waals surface area contributed by atoms with Crippen molar-refractivity contribution in [3.8, 4) is 0 Å². The van der Waals surface area contributed by atoms with Gasteiger partial charge in [-0.15, -0.1) is 5.10 Å². The van der Waals surface area contributed by atoms with Crippen molar-refractivity contribution in [2.45, 2.75) is 150 Å². The van der Waals surface area contributed by atoms with Gasteiger partial charge in [-0.2, -0.15) is 0 Å². The number of carboxylic acids is 1. The monoisotopic (exact) mass is 761 g/mol. The number of aliphatic carboxylic acids is 1. The van der Waals surface area contributed by atoms with Gasteiger partial charge in [0.25, 0.3) is 5.56 Å². The van der Waals surface area contributed by atoms with Crippen LogP contribution in [0.4, 0.5) is 0 Å². The zero-order chi connectivity index (χ0) is 39.5. The Hall–Kier alpha value is -3.09. The second kappa shape index (κ2) is 13.2. The third kappa shape index (κ3) is 5.57. The number of fused-ring (bicyclic) bond motifs is 7. The summed E-state index contributed by atoms with van der Waals surface area (Å²) < 4.78 is 15.9. The Balaban J connectivity index is 0.966. The number of rotatable bonds is 8. The van der Waals surface area contributed by atoms with Crippen LogP contribution in [0.3, 0.4) is 0 Å². The number of hydrogen-bond donors (Lipinski definition) is 3. The fourth-order valence-electron chi connectivity index (χ4n) is 14.6. The van der Waals surface area contributed by atoms with Gasteiger partial charge in [0.2, 0.25) is 0 Å². The highest BCUT2D eigenvalue weighted by Crippen LogP contribution is 2.77. The highest BCUT2D eigenvalue weighted by Gasteiger charge is 2.72. The predicted octanol–water partition coefficient (Wildman–Crippen LogP) is 6.59. The number of aromatic amines is 1. The maximum atomic E-state index is 13.0. The van der Waals surface area contributed by atoms with Crippen LogP contribution in [0.2, 0.25) is 0 Å². The van der Waals surface area contributed by atoms with Gasteiger partial charge in [-0.25, -0.2) is 9.48 Å². The standard InChI is InChI=1S/C43H63N5O7/c1-24(2)27-11-16-43(37(51)52)18-17-41(7)28(35(27)43)9-10-32-40(6)14-13-33(39(4,5)31(40)12-15-42(32,41)8)54-23-26-21-48(46-45-26)29-19-34(55-30(29)22-49)47-20-25(3)36(50)44-38(47)53/h20-21,27-35,49H,1,9-19,22-23H2,2-8H3,(H,51,52)(H,44,50,53)/t27-,28+,29-,30+,31-,32+,33-,34+,35-,40-,41+,42+,43-/m0/s1. The van der Waals surface area contributed by atoms with Crippen LogP contribution >= 0.6 is 0 Å². The van der Waals surface area contributed by atoms with Gasteiger partial charge < -0.3 is 19.7 Å². The number of nitrogens with zero attached hydrogens (tertiary/aromatic N) is 4. The molecule has 12 heteroatoms. The lowest BCUT2D eigenvalue weighted by Crippen LogP contribution is -2.67. The second-order valence-electron chi connectivity index (χ2n) is 20.1. The van der Waals surface area contributed by atoms with E-state index in [0.717, 1.165) is 51.4 Å². The Morgan fingerprint density at radius 2 is 1.76 bits per heavy atom. The molecule has 12 nitrogen and oxygen atoms in total. The molecule has 0 spiro atoms. The highest BCUT2D eigenvalue weighted by atomic mass is 16.5. The minimum atomic E-state index is -0.659. The maximum absolute atomic E-state index is 13.0. The van der Waals surface area contributed by atoms with E-state index in [1.807, 2.05) is 6.20 Å². The van der Waals surface area contributed by atoms with Gasteiger partial charge in [0, 0.05) is 18.2 Å². The first-order chi connectivity index (χ1) is 25.9. The molecule has 6 aliphatic rings. The van der Waals surface area contributed by atoms with Gasteiger partial charge in [0.1, 0.15) is 18.0 Å². The van der Waals surface area contributed by atoms with E-state index in [1.54, 1.807) is 11.6 Å². The van der Waals surface area contributed by atoms with Gasteiger partial charge in [-0.1, -0.05) is 52.0 Å². The van der Waals surface area contributed by atoms with Crippen molar-refractivity contribution < 1.29 is 24.5 Å². The summed E-state index contributed by atoms with van der Waals surface area (Å²) >= 11 is 0. The van der Waals surface area contributed by atoms with Crippen molar-refractivity contribution in [2.75, 3.05) is 6.61 Å². The smallest absolute Gasteiger partial charge is 0.330 e. The van der Waals surface area contributed by atoms with Gasteiger partial charge in [0.15, 0.2) is 0 Å². The fraction of sp³-hybridized carbons (Fsp3) is 0.791. The molecule has 1 aliphatic heterocycles. The molecule has 3 N–H and O–H groups in total. The van der Waals surface area contributed by atoms with Crippen LogP contribution in [0, 0.1) is 63.6 Å². The molecule has 1 saturated heterocycles. The summed E-state index contributed by atoms with van der Waals surface area (Å²) in [5, 5.41) is 29.7. The van der Waals surface area contributed by atoms with Crippen LogP contribution in [0.25, 0.3) is 0 Å². The van der Waals surface area contributed by atoms with E-state index in [2.05, 4.69) is 63.4 Å². The Bertz CT molecular complexity index is 1970. The molecule has 5 saturated carbocycles. The average molecular weight is 762 g/mol. The fourth-order valence-corrected chi connectivity index (χ4v) is 14.6. The third-order valence-corrected chi connectivity index (χ3v) is 17.6. The zero-order valence-corrected chi connectivity index (χ0v) is 34.0. The molecule has 13 atom stereocenters. The molecular formula is C43H63N5O7. The molecule has 5 aliphatic carbocycles. The summed E-state index contributed by atoms with van der Waals surface area (Å²) in [7, 11) is 0. The normalized spacial score (nSPS) is 43.2. The summed E-state index contributed by atoms with van der Waals surface area (Å²) in [5.41, 5.74) is 1.07. The minimum absolute atomic E-state index is 0.0554. The highest BCUT2D eigenvalue weighted by molar-refractivity contribution is 5.76. The first-order valence-electron chi connectivity index (χ1n) is 20.9. The molecule has 0 radical (unpaired) electrons. The topological polar surface area (TPSA) is 162 Å². The van der Waals surface area contributed by atoms with Crippen molar-refractivity contribution in [3.05, 3.63) is 56.6 Å². The summed E-state index contributed by atoms with van der Waals surface area (Å²) in [5.74, 6) is 1.41. The molecule has 0 amide bonds. The van der Waals surface area contributed by atoms with Crippen LogP contribution in [0.5, 0.6) is 0 Å². The second-order valence-corrected chi connectivity index (χ2v) is 20.1. The number of carbonyl (C=O) groups is 1. The van der Waals surface area contributed by atoms with Gasteiger partial charge in [-0.05, 0) is 129 Å². The van der Waals surface area contributed by atoms with E-state index in [4.69, 9.17) is 9.47 Å². The number of carboxylic acid groups (broad SMARTS) is 1. The Labute approximate surface area is 324 Å². The van der Waals surface area contributed by atoms with E-state index >= 15 is 0 Å². The lowest BCUT2D eigenvalue weighted by molar-refractivity contribution is -0.252. The average Bonchev–Trinajstić information content (AvgIpc) is 3.87. The van der Waals surface area contributed by atoms with Crippen molar-refractivity contribution in [1.82, 2.24) is 24.5 Å². The molecule has 2 aromatic heterocycles. The Morgan fingerprint density at radius 1 is 1.00 bits per heavy atom. The number of hydrogen-bond acceptors (Lipinski definition) is 8. The summed E-state index contributed by atoms with van der Waals surface area (Å²) in [4.78, 5) is 39.9. The number of aromatic nitrogens is 5. The van der Waals surface area contributed by atoms with Crippen LogP contribution in [0.1, 0.15) is 136 Å². The molecule has 0 bridgehead atoms. The largest absolute Gasteiger partial charge is 0.481 e. The third-order valence-electron chi connectivity index (χ3n) is 17.6. The molecule has 0 aromatic carbocycles. The summed E-state index contributed by atoms with van der Waals surface area (Å²) in [6.07, 6.45) is 12.8. The molecule has 3 heterocycles. The van der Waals surface area contributed by atoms with Crippen molar-refractivity contribution >= 4 is 5.97 Å². The number of H-pyrrole nitrogens is 1. The Kier molecular flexibility index (Phi) is 9.32. The number of nitrogens with one attached hydrogen (secondary N) is 1. The number of aliphatic hydroxyl groups is 1. The molecule has 302 valence electrons. The molecule has 2 aromatic rings. The quantitative estimate of drug-likeness (QED) is 0.252. The number of aliphatic hydroxyl groups excluding tert-OH is 1. The van der Waals surface area contributed by atoms with Crippen LogP contribution in [0.15, 0.2) is 34.1 Å². The molecule has 6 fully saturated rings. The SMILES string of the molecule is C=C(C)[C@@H]1CC[C@]2(C(=O)O)CC[C@]3(C)[C@H](CC[C@@H]4[C@@]5(C)CC[C@H](OCc6cn([C@H]7C[C@H](n8cc(C)c(=O)[nH]c8=O)O[C@@H]7CO)nn6)C(C)(C)[C@@H]5CC[C@]43C)[C@H]12. The molecule has 0 unspecified atom stereocenters. The van der Waals surface area contributed by atoms with E-state index in [9.17, 15) is 24.6 Å². The zero-order valence-electron chi connectivity index (χ0n) is 34.0. The first kappa shape index (κ1) is 38.8. The van der Waals surface area contributed by atoms with Crippen LogP contribution in [-0.4, -0.2) is 59.5 Å². The Morgan fingerprint density at radius 3 is 2.47 bits per heavy atom. The predicted molar refractivity (Wildman–Crippen MR) is 206 cm³/mol. The number of ether oxygens (including phenoxy) is 2. The van der Waals surface area contributed by atoms with Crippen molar-refractivity contribution in [1.29, 1.82) is 0 Å². The van der Waals surface area contributed by atoms with Crippen molar-refractivity contribution in [3.63, 3.8) is 0 Å². The molecule has 8 rings (SSSR count). The van der Waals surface area contributed by atoms with E-state index in [0.29, 0.717) is 48.0 Å². The summed E-state index contributed by atoms with van der Waals surface area (Å²) in [6.45, 7) is 20.8. The van der Waals surface area contributed by atoms with E-state index < -0.39 is 35.0 Å². The number of allylic oxidation sites excluding steroid dienone is 1. The van der Waals surface area contributed by atoms with Crippen molar-refractivity contribution in [2.24, 2.45) is 56.7 Å². The number of aryl methyl sites for hydroxylation is 1. The van der Waals surface area contributed by atoms with Gasteiger partial charge in [0.05, 0.1) is 37.0 Å². The molecular weight excluding hydrogens is 699 g/mol. The first-order valence-corrected chi connectivity index (χ1v) is 20.9.